The predicted molar refractivity (Wildman–Crippen MR) is 76.0 cm³/mol. The maximum Gasteiger partial charge on any atom is 0.240 e. The lowest BCUT2D eigenvalue weighted by Gasteiger charge is -2.35. The van der Waals surface area contributed by atoms with Crippen molar-refractivity contribution in [2.24, 2.45) is 5.92 Å². The molecule has 0 radical (unpaired) electrons. The Morgan fingerprint density at radius 2 is 1.89 bits per heavy atom. The molecule has 3 rings (SSSR count). The first-order valence-corrected chi connectivity index (χ1v) is 8.01. The van der Waals surface area contributed by atoms with Crippen LogP contribution in [0.2, 0.25) is 0 Å². The molecule has 3 aliphatic rings. The molecule has 2 saturated heterocycles. The van der Waals surface area contributed by atoms with Crippen LogP contribution in [0.5, 0.6) is 0 Å². The van der Waals surface area contributed by atoms with E-state index < -0.39 is 0 Å². The van der Waals surface area contributed by atoms with Crippen molar-refractivity contribution in [3.8, 4) is 0 Å². The van der Waals surface area contributed by atoms with Crippen LogP contribution in [0.15, 0.2) is 0 Å². The first-order chi connectivity index (χ1) is 9.25. The topological polar surface area (TPSA) is 35.6 Å². The van der Waals surface area contributed by atoms with Crippen LogP contribution in [-0.2, 0) is 4.79 Å². The summed E-state index contributed by atoms with van der Waals surface area (Å²) in [4.78, 5) is 17.3. The highest BCUT2D eigenvalue weighted by atomic mass is 16.2. The van der Waals surface area contributed by atoms with Gasteiger partial charge in [0.2, 0.25) is 5.91 Å². The van der Waals surface area contributed by atoms with E-state index in [0.29, 0.717) is 11.9 Å². The summed E-state index contributed by atoms with van der Waals surface area (Å²) in [6.07, 6.45) is 6.22. The molecule has 2 heterocycles. The minimum absolute atomic E-state index is 0.188. The van der Waals surface area contributed by atoms with Gasteiger partial charge in [0.1, 0.15) is 0 Å². The van der Waals surface area contributed by atoms with Gasteiger partial charge in [-0.3, -0.25) is 9.69 Å². The van der Waals surface area contributed by atoms with E-state index in [9.17, 15) is 4.79 Å². The minimum Gasteiger partial charge on any atom is -0.339 e. The molecular formula is C15H27N3O. The van der Waals surface area contributed by atoms with Crippen LogP contribution in [-0.4, -0.2) is 60.5 Å². The molecule has 19 heavy (non-hydrogen) atoms. The number of piperazine rings is 1. The zero-order chi connectivity index (χ0) is 13.2. The van der Waals surface area contributed by atoms with E-state index in [2.05, 4.69) is 22.0 Å². The SMILES string of the molecule is CC1CCC(N2CCCC2C(=O)N2CCNCC2)C1. The fraction of sp³-hybridized carbons (Fsp3) is 0.933. The van der Waals surface area contributed by atoms with E-state index in [1.54, 1.807) is 0 Å². The molecule has 3 unspecified atom stereocenters. The molecule has 4 nitrogen and oxygen atoms in total. The van der Waals surface area contributed by atoms with Crippen LogP contribution in [0, 0.1) is 5.92 Å². The van der Waals surface area contributed by atoms with Gasteiger partial charge in [-0.1, -0.05) is 6.92 Å². The van der Waals surface area contributed by atoms with Gasteiger partial charge in [0.15, 0.2) is 0 Å². The van der Waals surface area contributed by atoms with Crippen molar-refractivity contribution in [3.63, 3.8) is 0 Å². The van der Waals surface area contributed by atoms with Gasteiger partial charge in [0, 0.05) is 32.2 Å². The van der Waals surface area contributed by atoms with Gasteiger partial charge in [-0.2, -0.15) is 0 Å². The number of likely N-dealkylation sites (tertiary alicyclic amines) is 1. The minimum atomic E-state index is 0.188. The average Bonchev–Trinajstić information content (AvgIpc) is 3.07. The van der Waals surface area contributed by atoms with Crippen molar-refractivity contribution < 1.29 is 4.79 Å². The van der Waals surface area contributed by atoms with Crippen molar-refractivity contribution in [1.29, 1.82) is 0 Å². The fourth-order valence-electron chi connectivity index (χ4n) is 4.07. The third-order valence-electron chi connectivity index (χ3n) is 5.14. The Kier molecular flexibility index (Phi) is 4.08. The lowest BCUT2D eigenvalue weighted by atomic mass is 10.1. The second-order valence-electron chi connectivity index (χ2n) is 6.54. The predicted octanol–water partition coefficient (Wildman–Crippen LogP) is 1.07. The Labute approximate surface area is 116 Å². The smallest absolute Gasteiger partial charge is 0.240 e. The number of hydrogen-bond donors (Lipinski definition) is 1. The summed E-state index contributed by atoms with van der Waals surface area (Å²) in [6, 6.07) is 0.864. The Balaban J connectivity index is 1.63. The highest BCUT2D eigenvalue weighted by Crippen LogP contribution is 2.33. The third-order valence-corrected chi connectivity index (χ3v) is 5.14. The molecule has 0 bridgehead atoms. The van der Waals surface area contributed by atoms with Gasteiger partial charge < -0.3 is 10.2 Å². The maximum atomic E-state index is 12.7. The van der Waals surface area contributed by atoms with Gasteiger partial charge in [0.25, 0.3) is 0 Å². The second kappa shape index (κ2) is 5.80. The number of rotatable bonds is 2. The summed E-state index contributed by atoms with van der Waals surface area (Å²) in [7, 11) is 0. The highest BCUT2D eigenvalue weighted by Gasteiger charge is 2.39. The normalized spacial score (nSPS) is 36.9. The number of carbonyl (C=O) groups excluding carboxylic acids is 1. The summed E-state index contributed by atoms with van der Waals surface area (Å²) in [5.74, 6) is 1.25. The molecule has 1 N–H and O–H groups in total. The molecule has 0 aromatic heterocycles. The summed E-state index contributed by atoms with van der Waals surface area (Å²) in [5, 5.41) is 3.32. The van der Waals surface area contributed by atoms with Gasteiger partial charge in [0.05, 0.1) is 6.04 Å². The van der Waals surface area contributed by atoms with Crippen LogP contribution in [0.25, 0.3) is 0 Å². The lowest BCUT2D eigenvalue weighted by Crippen LogP contribution is -2.53. The first-order valence-electron chi connectivity index (χ1n) is 8.01. The molecule has 108 valence electrons. The summed E-state index contributed by atoms with van der Waals surface area (Å²) in [5.41, 5.74) is 0. The van der Waals surface area contributed by atoms with Crippen LogP contribution in [0.1, 0.15) is 39.0 Å². The molecule has 3 fully saturated rings. The summed E-state index contributed by atoms with van der Waals surface area (Å²) < 4.78 is 0. The Hall–Kier alpha value is -0.610. The van der Waals surface area contributed by atoms with Crippen molar-refractivity contribution in [2.45, 2.75) is 51.1 Å². The van der Waals surface area contributed by atoms with Gasteiger partial charge in [-0.15, -0.1) is 0 Å². The van der Waals surface area contributed by atoms with Crippen molar-refractivity contribution in [1.82, 2.24) is 15.1 Å². The molecular weight excluding hydrogens is 238 g/mol. The van der Waals surface area contributed by atoms with E-state index in [0.717, 1.165) is 45.1 Å². The zero-order valence-corrected chi connectivity index (χ0v) is 12.1. The molecule has 3 atom stereocenters. The Bertz CT molecular complexity index is 327. The van der Waals surface area contributed by atoms with E-state index >= 15 is 0 Å². The van der Waals surface area contributed by atoms with Crippen molar-refractivity contribution in [2.75, 3.05) is 32.7 Å². The highest BCUT2D eigenvalue weighted by molar-refractivity contribution is 5.82. The monoisotopic (exact) mass is 265 g/mol. The maximum absolute atomic E-state index is 12.7. The van der Waals surface area contributed by atoms with Gasteiger partial charge in [-0.05, 0) is 44.6 Å². The molecule has 1 saturated carbocycles. The van der Waals surface area contributed by atoms with E-state index in [1.807, 2.05) is 0 Å². The number of nitrogens with one attached hydrogen (secondary N) is 1. The molecule has 0 aromatic rings. The zero-order valence-electron chi connectivity index (χ0n) is 12.1. The number of amides is 1. The molecule has 2 aliphatic heterocycles. The Morgan fingerprint density at radius 1 is 1.11 bits per heavy atom. The number of hydrogen-bond acceptors (Lipinski definition) is 3. The quantitative estimate of drug-likeness (QED) is 0.811. The van der Waals surface area contributed by atoms with Crippen LogP contribution in [0.4, 0.5) is 0 Å². The molecule has 1 amide bonds. The molecule has 0 spiro atoms. The van der Waals surface area contributed by atoms with E-state index in [-0.39, 0.29) is 6.04 Å². The summed E-state index contributed by atoms with van der Waals surface area (Å²) in [6.45, 7) is 7.19. The van der Waals surface area contributed by atoms with E-state index in [1.165, 1.54) is 25.7 Å². The Morgan fingerprint density at radius 3 is 2.58 bits per heavy atom. The van der Waals surface area contributed by atoms with Crippen molar-refractivity contribution in [3.05, 3.63) is 0 Å². The number of nitrogens with zero attached hydrogens (tertiary/aromatic N) is 2. The van der Waals surface area contributed by atoms with Gasteiger partial charge in [-0.25, -0.2) is 0 Å². The van der Waals surface area contributed by atoms with Crippen LogP contribution >= 0.6 is 0 Å². The van der Waals surface area contributed by atoms with E-state index in [4.69, 9.17) is 0 Å². The average molecular weight is 265 g/mol. The van der Waals surface area contributed by atoms with Crippen molar-refractivity contribution >= 4 is 5.91 Å². The fourth-order valence-corrected chi connectivity index (χ4v) is 4.07. The molecule has 0 aromatic carbocycles. The van der Waals surface area contributed by atoms with Crippen LogP contribution < -0.4 is 5.32 Å². The van der Waals surface area contributed by atoms with Gasteiger partial charge >= 0.3 is 0 Å². The molecule has 4 heteroatoms. The first kappa shape index (κ1) is 13.4. The summed E-state index contributed by atoms with van der Waals surface area (Å²) >= 11 is 0. The standard InChI is InChI=1S/C15H27N3O/c1-12-4-5-13(11-12)18-8-2-3-14(18)15(19)17-9-6-16-7-10-17/h12-14,16H,2-11H2,1H3. The largest absolute Gasteiger partial charge is 0.339 e. The molecule has 1 aliphatic carbocycles. The van der Waals surface area contributed by atoms with Crippen LogP contribution in [0.3, 0.4) is 0 Å². The second-order valence-corrected chi connectivity index (χ2v) is 6.54. The lowest BCUT2D eigenvalue weighted by molar-refractivity contribution is -0.137. The number of carbonyl (C=O) groups is 1. The third kappa shape index (κ3) is 2.79.